The number of nitrogen functional groups attached to an aromatic ring is 1. The van der Waals surface area contributed by atoms with E-state index in [1.54, 1.807) is 0 Å². The molecule has 0 amide bonds. The summed E-state index contributed by atoms with van der Waals surface area (Å²) in [5, 5.41) is 7.49. The van der Waals surface area contributed by atoms with Gasteiger partial charge in [-0.15, -0.1) is 0 Å². The van der Waals surface area contributed by atoms with Crippen molar-refractivity contribution in [1.29, 1.82) is 5.41 Å². The van der Waals surface area contributed by atoms with Gasteiger partial charge in [-0.05, 0) is 46.3 Å². The average Bonchev–Trinajstić information content (AvgIpc) is 2.81. The number of nitrogens with one attached hydrogen (secondary N) is 1. The number of rotatable bonds is 1. The molecular formula is C8H10BrN3. The highest BCUT2D eigenvalue weighted by Crippen LogP contribution is 2.39. The predicted octanol–water partition coefficient (Wildman–Crippen LogP) is 1.32. The van der Waals surface area contributed by atoms with Crippen LogP contribution in [0.1, 0.15) is 24.3 Å². The Morgan fingerprint density at radius 3 is 2.75 bits per heavy atom. The summed E-state index contributed by atoms with van der Waals surface area (Å²) < 4.78 is 2.13. The number of hydrogen-bond acceptors (Lipinski definition) is 2. The van der Waals surface area contributed by atoms with Crippen molar-refractivity contribution in [2.24, 2.45) is 0 Å². The van der Waals surface area contributed by atoms with Crippen molar-refractivity contribution in [1.82, 2.24) is 4.68 Å². The molecule has 0 bridgehead atoms. The molecule has 0 aliphatic heterocycles. The number of pyridine rings is 1. The van der Waals surface area contributed by atoms with Crippen molar-refractivity contribution < 1.29 is 0 Å². The lowest BCUT2D eigenvalue weighted by molar-refractivity contribution is 0.849. The van der Waals surface area contributed by atoms with E-state index in [0.717, 1.165) is 4.47 Å². The van der Waals surface area contributed by atoms with Gasteiger partial charge in [-0.25, -0.2) is 0 Å². The molecule has 12 heavy (non-hydrogen) atoms. The zero-order valence-electron chi connectivity index (χ0n) is 6.55. The molecule has 1 aromatic heterocycles. The van der Waals surface area contributed by atoms with Crippen LogP contribution < -0.4 is 11.3 Å². The van der Waals surface area contributed by atoms with E-state index in [1.807, 2.05) is 12.3 Å². The van der Waals surface area contributed by atoms with Crippen molar-refractivity contribution >= 4 is 15.9 Å². The summed E-state index contributed by atoms with van der Waals surface area (Å²) in [5.41, 5.74) is 1.56. The van der Waals surface area contributed by atoms with Gasteiger partial charge in [0.2, 0.25) is 0 Å². The Bertz CT molecular complexity index is 339. The lowest BCUT2D eigenvalue weighted by Gasteiger charge is -2.04. The molecule has 0 radical (unpaired) electrons. The Hall–Kier alpha value is -0.770. The minimum Gasteiger partial charge on any atom is -0.338 e. The highest BCUT2D eigenvalue weighted by molar-refractivity contribution is 9.10. The molecule has 1 aliphatic carbocycles. The lowest BCUT2D eigenvalue weighted by atomic mass is 10.2. The van der Waals surface area contributed by atoms with Crippen LogP contribution in [0.5, 0.6) is 0 Å². The first-order valence-corrected chi connectivity index (χ1v) is 4.69. The summed E-state index contributed by atoms with van der Waals surface area (Å²) >= 11 is 3.30. The van der Waals surface area contributed by atoms with Crippen LogP contribution in [0.15, 0.2) is 16.7 Å². The molecule has 0 aromatic carbocycles. The van der Waals surface area contributed by atoms with E-state index in [2.05, 4.69) is 15.9 Å². The van der Waals surface area contributed by atoms with Crippen LogP contribution in [0.25, 0.3) is 0 Å². The highest BCUT2D eigenvalue weighted by Gasteiger charge is 2.24. The van der Waals surface area contributed by atoms with Gasteiger partial charge in [0.1, 0.15) is 0 Å². The summed E-state index contributed by atoms with van der Waals surface area (Å²) in [6.45, 7) is 0. The number of halogens is 1. The van der Waals surface area contributed by atoms with Gasteiger partial charge >= 0.3 is 0 Å². The number of aromatic nitrogens is 1. The van der Waals surface area contributed by atoms with E-state index < -0.39 is 0 Å². The topological polar surface area (TPSA) is 54.8 Å². The zero-order valence-corrected chi connectivity index (χ0v) is 8.13. The molecule has 3 nitrogen and oxygen atoms in total. The predicted molar refractivity (Wildman–Crippen MR) is 50.1 cm³/mol. The first-order chi connectivity index (χ1) is 5.68. The van der Waals surface area contributed by atoms with Crippen LogP contribution in [0.4, 0.5) is 0 Å². The smallest absolute Gasteiger partial charge is 0.157 e. The molecule has 3 N–H and O–H groups in total. The van der Waals surface area contributed by atoms with Crippen molar-refractivity contribution in [3.8, 4) is 0 Å². The third-order valence-corrected chi connectivity index (χ3v) is 2.72. The molecule has 0 atom stereocenters. The Labute approximate surface area is 78.8 Å². The van der Waals surface area contributed by atoms with Gasteiger partial charge in [0.05, 0.1) is 4.47 Å². The second-order valence-electron chi connectivity index (χ2n) is 3.15. The maximum atomic E-state index is 7.49. The molecule has 1 aromatic rings. The van der Waals surface area contributed by atoms with Crippen LogP contribution in [0.2, 0.25) is 0 Å². The highest BCUT2D eigenvalue weighted by atomic mass is 79.9. The fraction of sp³-hybridized carbons (Fsp3) is 0.375. The largest absolute Gasteiger partial charge is 0.338 e. The molecule has 0 unspecified atom stereocenters. The standard InChI is InChI=1S/C8H10BrN3/c9-7-3-6(5-1-2-5)4-12(11)8(7)10/h3-5,10H,1-2,11H2. The molecule has 1 aliphatic rings. The van der Waals surface area contributed by atoms with Gasteiger partial charge in [0.25, 0.3) is 0 Å². The van der Waals surface area contributed by atoms with Crippen LogP contribution >= 0.6 is 15.9 Å². The van der Waals surface area contributed by atoms with Gasteiger partial charge < -0.3 is 5.84 Å². The zero-order chi connectivity index (χ0) is 8.72. The van der Waals surface area contributed by atoms with E-state index >= 15 is 0 Å². The van der Waals surface area contributed by atoms with Gasteiger partial charge in [-0.1, -0.05) is 0 Å². The third kappa shape index (κ3) is 1.27. The monoisotopic (exact) mass is 227 g/mol. The second kappa shape index (κ2) is 2.62. The molecule has 64 valence electrons. The summed E-state index contributed by atoms with van der Waals surface area (Å²) in [4.78, 5) is 0. The van der Waals surface area contributed by atoms with Crippen molar-refractivity contribution in [2.75, 3.05) is 5.84 Å². The van der Waals surface area contributed by atoms with E-state index in [1.165, 1.54) is 23.1 Å². The van der Waals surface area contributed by atoms with Crippen molar-refractivity contribution in [3.63, 3.8) is 0 Å². The molecule has 1 heterocycles. The summed E-state index contributed by atoms with van der Waals surface area (Å²) in [5.74, 6) is 6.26. The van der Waals surface area contributed by atoms with Crippen LogP contribution in [-0.4, -0.2) is 4.68 Å². The molecule has 1 fully saturated rings. The Balaban J connectivity index is 2.53. The third-order valence-electron chi connectivity index (χ3n) is 2.11. The molecule has 4 heteroatoms. The summed E-state index contributed by atoms with van der Waals surface area (Å²) in [7, 11) is 0. The molecule has 2 rings (SSSR count). The normalized spacial score (nSPS) is 16.4. The Morgan fingerprint density at radius 2 is 2.25 bits per heavy atom. The number of nitrogens with zero attached hydrogens (tertiary/aromatic N) is 1. The van der Waals surface area contributed by atoms with Crippen molar-refractivity contribution in [3.05, 3.63) is 27.8 Å². The first-order valence-electron chi connectivity index (χ1n) is 3.90. The van der Waals surface area contributed by atoms with Gasteiger partial charge in [-0.2, -0.15) is 0 Å². The van der Waals surface area contributed by atoms with E-state index in [9.17, 15) is 0 Å². The van der Waals surface area contributed by atoms with Gasteiger partial charge in [-0.3, -0.25) is 10.1 Å². The Kier molecular flexibility index (Phi) is 1.72. The van der Waals surface area contributed by atoms with Crippen LogP contribution in [-0.2, 0) is 0 Å². The molecular weight excluding hydrogens is 218 g/mol. The maximum absolute atomic E-state index is 7.49. The second-order valence-corrected chi connectivity index (χ2v) is 4.01. The fourth-order valence-electron chi connectivity index (χ4n) is 1.24. The van der Waals surface area contributed by atoms with E-state index in [-0.39, 0.29) is 0 Å². The lowest BCUT2D eigenvalue weighted by Crippen LogP contribution is -2.27. The SMILES string of the molecule is N=c1c(Br)cc(C2CC2)cn1N. The molecule has 0 spiro atoms. The maximum Gasteiger partial charge on any atom is 0.157 e. The van der Waals surface area contributed by atoms with E-state index in [0.29, 0.717) is 11.4 Å². The van der Waals surface area contributed by atoms with Gasteiger partial charge in [0, 0.05) is 6.20 Å². The van der Waals surface area contributed by atoms with Gasteiger partial charge in [0.15, 0.2) is 5.49 Å². The number of nitrogens with two attached hydrogens (primary N) is 1. The summed E-state index contributed by atoms with van der Waals surface area (Å²) in [6, 6.07) is 1.99. The van der Waals surface area contributed by atoms with Crippen molar-refractivity contribution in [2.45, 2.75) is 18.8 Å². The van der Waals surface area contributed by atoms with Crippen LogP contribution in [0, 0.1) is 5.41 Å². The quantitative estimate of drug-likeness (QED) is 0.700. The minimum atomic E-state index is 0.319. The number of hydrogen-bond donors (Lipinski definition) is 2. The Morgan fingerprint density at radius 1 is 1.58 bits per heavy atom. The van der Waals surface area contributed by atoms with Crippen LogP contribution in [0.3, 0.4) is 0 Å². The van der Waals surface area contributed by atoms with E-state index in [4.69, 9.17) is 11.3 Å². The minimum absolute atomic E-state index is 0.319. The average molecular weight is 228 g/mol. The summed E-state index contributed by atoms with van der Waals surface area (Å²) in [6.07, 6.45) is 4.35. The molecule has 1 saturated carbocycles. The first kappa shape index (κ1) is 7.86. The molecule has 0 saturated heterocycles. The fourth-order valence-corrected chi connectivity index (χ4v) is 1.71.